The van der Waals surface area contributed by atoms with E-state index >= 15 is 0 Å². The molecule has 1 unspecified atom stereocenters. The smallest absolute Gasteiger partial charge is 0.200 e. The molecule has 0 fully saturated rings. The van der Waals surface area contributed by atoms with E-state index < -0.39 is 6.57 Å². The molecule has 0 heterocycles. The van der Waals surface area contributed by atoms with Crippen LogP contribution in [-0.4, -0.2) is 42.6 Å². The van der Waals surface area contributed by atoms with Crippen LogP contribution in [0.3, 0.4) is 0 Å². The standard InChI is InChI=1S/C8H21N2O2PS/c1-4-10(5-2)13(14,12-6-3)9-7-8-11/h11H,4-8H2,1-3H3,(H,9,14). The molecule has 0 aliphatic rings. The molecule has 6 heteroatoms. The third-order valence-electron chi connectivity index (χ3n) is 1.83. The molecule has 0 rings (SSSR count). The highest BCUT2D eigenvalue weighted by Gasteiger charge is 2.22. The van der Waals surface area contributed by atoms with Gasteiger partial charge in [0.15, 0.2) is 0 Å². The Balaban J connectivity index is 4.42. The average molecular weight is 240 g/mol. The number of rotatable bonds is 8. The summed E-state index contributed by atoms with van der Waals surface area (Å²) in [6.45, 7) is 6.89. The van der Waals surface area contributed by atoms with Gasteiger partial charge in [-0.3, -0.25) is 5.09 Å². The predicted molar refractivity (Wildman–Crippen MR) is 63.9 cm³/mol. The molecule has 0 amide bonds. The molecule has 0 bridgehead atoms. The molecular formula is C8H21N2O2PS. The summed E-state index contributed by atoms with van der Waals surface area (Å²) < 4.78 is 7.72. The molecule has 0 aliphatic heterocycles. The van der Waals surface area contributed by atoms with E-state index in [2.05, 4.69) is 23.6 Å². The summed E-state index contributed by atoms with van der Waals surface area (Å²) in [5.41, 5.74) is 0. The SMILES string of the molecule is CCOP(=S)(NCCO)N(CC)CC. The maximum Gasteiger partial charge on any atom is 0.200 e. The molecule has 0 saturated heterocycles. The normalized spacial score (nSPS) is 15.8. The van der Waals surface area contributed by atoms with E-state index in [1.165, 1.54) is 0 Å². The Hall–Kier alpha value is 0.490. The van der Waals surface area contributed by atoms with Crippen molar-refractivity contribution in [1.29, 1.82) is 0 Å². The minimum Gasteiger partial charge on any atom is -0.395 e. The predicted octanol–water partition coefficient (Wildman–Crippen LogP) is 1.17. The fraction of sp³-hybridized carbons (Fsp3) is 1.00. The fourth-order valence-electron chi connectivity index (χ4n) is 1.19. The number of aliphatic hydroxyl groups excluding tert-OH is 1. The van der Waals surface area contributed by atoms with Crippen LogP contribution in [0.25, 0.3) is 0 Å². The van der Waals surface area contributed by atoms with E-state index in [4.69, 9.17) is 21.4 Å². The van der Waals surface area contributed by atoms with Crippen molar-refractivity contribution < 1.29 is 9.63 Å². The van der Waals surface area contributed by atoms with E-state index in [0.29, 0.717) is 13.2 Å². The van der Waals surface area contributed by atoms with Crippen LogP contribution in [0.4, 0.5) is 0 Å². The molecule has 0 aromatic heterocycles. The lowest BCUT2D eigenvalue weighted by atomic mass is 10.7. The van der Waals surface area contributed by atoms with Gasteiger partial charge in [-0.1, -0.05) is 13.8 Å². The fourth-order valence-corrected chi connectivity index (χ4v) is 4.40. The molecule has 0 aromatic carbocycles. The van der Waals surface area contributed by atoms with E-state index in [1.54, 1.807) is 0 Å². The van der Waals surface area contributed by atoms with Crippen molar-refractivity contribution in [2.45, 2.75) is 20.8 Å². The minimum absolute atomic E-state index is 0.0900. The average Bonchev–Trinajstić information content (AvgIpc) is 2.17. The molecule has 1 atom stereocenters. The molecule has 4 nitrogen and oxygen atoms in total. The minimum atomic E-state index is -2.09. The van der Waals surface area contributed by atoms with Crippen molar-refractivity contribution in [2.24, 2.45) is 0 Å². The van der Waals surface area contributed by atoms with Crippen molar-refractivity contribution in [3.8, 4) is 0 Å². The molecule has 0 aliphatic carbocycles. The number of aliphatic hydroxyl groups is 1. The van der Waals surface area contributed by atoms with Crippen LogP contribution in [0.2, 0.25) is 0 Å². The van der Waals surface area contributed by atoms with E-state index in [-0.39, 0.29) is 6.61 Å². The highest BCUT2D eigenvalue weighted by Crippen LogP contribution is 2.46. The summed E-state index contributed by atoms with van der Waals surface area (Å²) in [6, 6.07) is 0. The van der Waals surface area contributed by atoms with Crippen molar-refractivity contribution in [3.63, 3.8) is 0 Å². The number of nitrogens with zero attached hydrogens (tertiary/aromatic N) is 1. The van der Waals surface area contributed by atoms with Gasteiger partial charge in [0.2, 0.25) is 6.57 Å². The van der Waals surface area contributed by atoms with Crippen LogP contribution in [0.15, 0.2) is 0 Å². The monoisotopic (exact) mass is 240 g/mol. The van der Waals surface area contributed by atoms with Crippen molar-refractivity contribution in [2.75, 3.05) is 32.8 Å². The Morgan fingerprint density at radius 3 is 2.29 bits per heavy atom. The molecule has 2 N–H and O–H groups in total. The summed E-state index contributed by atoms with van der Waals surface area (Å²) in [7, 11) is 0. The first-order chi connectivity index (χ1) is 6.64. The van der Waals surface area contributed by atoms with Gasteiger partial charge in [0, 0.05) is 19.6 Å². The Bertz CT molecular complexity index is 188. The van der Waals surface area contributed by atoms with Gasteiger partial charge in [-0.2, -0.15) is 0 Å². The zero-order chi connectivity index (χ0) is 11.0. The van der Waals surface area contributed by atoms with Gasteiger partial charge >= 0.3 is 0 Å². The summed E-state index contributed by atoms with van der Waals surface area (Å²) in [5.74, 6) is 0. The molecule has 86 valence electrons. The summed E-state index contributed by atoms with van der Waals surface area (Å²) >= 11 is 5.48. The highest BCUT2D eigenvalue weighted by molar-refractivity contribution is 8.10. The first-order valence-electron chi connectivity index (χ1n) is 5.00. The molecule has 0 aromatic rings. The van der Waals surface area contributed by atoms with Crippen molar-refractivity contribution >= 4 is 18.4 Å². The van der Waals surface area contributed by atoms with Crippen LogP contribution < -0.4 is 5.09 Å². The van der Waals surface area contributed by atoms with Gasteiger partial charge < -0.3 is 9.63 Å². The summed E-state index contributed by atoms with van der Waals surface area (Å²) in [5, 5.41) is 11.9. The number of hydrogen-bond acceptors (Lipinski definition) is 3. The molecule has 14 heavy (non-hydrogen) atoms. The van der Waals surface area contributed by atoms with Crippen LogP contribution in [0.1, 0.15) is 20.8 Å². The zero-order valence-electron chi connectivity index (χ0n) is 9.19. The van der Waals surface area contributed by atoms with E-state index in [9.17, 15) is 0 Å². The number of nitrogens with one attached hydrogen (secondary N) is 1. The summed E-state index contributed by atoms with van der Waals surface area (Å²) in [4.78, 5) is 0. The van der Waals surface area contributed by atoms with Crippen molar-refractivity contribution in [1.82, 2.24) is 9.76 Å². The maximum absolute atomic E-state index is 8.76. The lowest BCUT2D eigenvalue weighted by Gasteiger charge is -2.32. The topological polar surface area (TPSA) is 44.7 Å². The van der Waals surface area contributed by atoms with E-state index in [0.717, 1.165) is 13.1 Å². The van der Waals surface area contributed by atoms with Gasteiger partial charge in [-0.25, -0.2) is 4.67 Å². The van der Waals surface area contributed by atoms with Crippen LogP contribution in [-0.2, 0) is 16.3 Å². The lowest BCUT2D eigenvalue weighted by Crippen LogP contribution is -2.30. The first kappa shape index (κ1) is 14.5. The van der Waals surface area contributed by atoms with Crippen LogP contribution in [0.5, 0.6) is 0 Å². The molecular weight excluding hydrogens is 219 g/mol. The van der Waals surface area contributed by atoms with Gasteiger partial charge in [-0.05, 0) is 18.7 Å². The Morgan fingerprint density at radius 1 is 1.36 bits per heavy atom. The van der Waals surface area contributed by atoms with Crippen molar-refractivity contribution in [3.05, 3.63) is 0 Å². The van der Waals surface area contributed by atoms with Crippen LogP contribution >= 0.6 is 6.57 Å². The molecule has 0 radical (unpaired) electrons. The van der Waals surface area contributed by atoms with Gasteiger partial charge in [0.1, 0.15) is 0 Å². The zero-order valence-corrected chi connectivity index (χ0v) is 10.9. The van der Waals surface area contributed by atoms with Crippen LogP contribution in [0, 0.1) is 0 Å². The van der Waals surface area contributed by atoms with Gasteiger partial charge in [-0.15, -0.1) is 0 Å². The van der Waals surface area contributed by atoms with Gasteiger partial charge in [0.25, 0.3) is 0 Å². The van der Waals surface area contributed by atoms with E-state index in [1.807, 2.05) is 6.92 Å². The Morgan fingerprint density at radius 2 is 1.93 bits per heavy atom. The lowest BCUT2D eigenvalue weighted by molar-refractivity contribution is 0.286. The number of hydrogen-bond donors (Lipinski definition) is 2. The highest BCUT2D eigenvalue weighted by atomic mass is 32.5. The third kappa shape index (κ3) is 4.34. The molecule has 0 spiro atoms. The Kier molecular flexibility index (Phi) is 8.01. The van der Waals surface area contributed by atoms with Gasteiger partial charge in [0.05, 0.1) is 13.2 Å². The molecule has 0 saturated carbocycles. The largest absolute Gasteiger partial charge is 0.395 e. The second-order valence-electron chi connectivity index (χ2n) is 2.71. The second-order valence-corrected chi connectivity index (χ2v) is 6.37. The maximum atomic E-state index is 8.76. The second kappa shape index (κ2) is 7.74. The quantitative estimate of drug-likeness (QED) is 0.624. The third-order valence-corrected chi connectivity index (χ3v) is 5.77. The first-order valence-corrected chi connectivity index (χ1v) is 7.67. The summed E-state index contributed by atoms with van der Waals surface area (Å²) in [6.07, 6.45) is 0. The Labute approximate surface area is 91.8 Å².